The van der Waals surface area contributed by atoms with Crippen LogP contribution in [0.15, 0.2) is 72.8 Å². The van der Waals surface area contributed by atoms with E-state index in [0.717, 1.165) is 71.0 Å². The Hall–Kier alpha value is -4.14. The van der Waals surface area contributed by atoms with Crippen LogP contribution in [0.1, 0.15) is 23.0 Å². The fraction of sp³-hybridized carbons (Fsp3) is 0.267. The summed E-state index contributed by atoms with van der Waals surface area (Å²) in [5, 5.41) is 8.07. The SMILES string of the molecule is Cn1c(CCNCc2ccc3ccc(CNCCc4nc5ccccc5n4C)nc3n2)nc2ccccc21. The molecule has 0 aliphatic rings. The van der Waals surface area contributed by atoms with E-state index in [-0.39, 0.29) is 0 Å². The normalized spacial score (nSPS) is 11.7. The van der Waals surface area contributed by atoms with Gasteiger partial charge in [0.05, 0.1) is 33.5 Å². The van der Waals surface area contributed by atoms with E-state index in [1.165, 1.54) is 11.0 Å². The van der Waals surface area contributed by atoms with Gasteiger partial charge in [0.25, 0.3) is 0 Å². The topological polar surface area (TPSA) is 85.5 Å². The molecule has 8 nitrogen and oxygen atoms in total. The van der Waals surface area contributed by atoms with Crippen LogP contribution < -0.4 is 10.6 Å². The first-order chi connectivity index (χ1) is 18.7. The maximum absolute atomic E-state index is 4.81. The Morgan fingerprint density at radius 3 is 1.53 bits per heavy atom. The monoisotopic (exact) mass is 504 g/mol. The van der Waals surface area contributed by atoms with Gasteiger partial charge >= 0.3 is 0 Å². The van der Waals surface area contributed by atoms with Crippen molar-refractivity contribution in [3.63, 3.8) is 0 Å². The second kappa shape index (κ2) is 10.7. The third kappa shape index (κ3) is 5.01. The molecule has 0 saturated heterocycles. The van der Waals surface area contributed by atoms with Crippen LogP contribution in [-0.4, -0.2) is 42.2 Å². The van der Waals surface area contributed by atoms with Gasteiger partial charge in [0.2, 0.25) is 0 Å². The quantitative estimate of drug-likeness (QED) is 0.274. The number of nitrogens with zero attached hydrogens (tertiary/aromatic N) is 6. The van der Waals surface area contributed by atoms with E-state index in [2.05, 4.69) is 94.5 Å². The molecule has 4 aromatic heterocycles. The third-order valence-electron chi connectivity index (χ3n) is 7.09. The fourth-order valence-corrected chi connectivity index (χ4v) is 4.95. The Bertz CT molecular complexity index is 1590. The molecule has 0 atom stereocenters. The number of hydrogen-bond acceptors (Lipinski definition) is 6. The lowest BCUT2D eigenvalue weighted by Crippen LogP contribution is -2.19. The molecule has 0 unspecified atom stereocenters. The molecule has 0 bridgehead atoms. The number of fused-ring (bicyclic) bond motifs is 3. The summed E-state index contributed by atoms with van der Waals surface area (Å²) < 4.78 is 4.34. The van der Waals surface area contributed by atoms with Crippen molar-refractivity contribution in [3.8, 4) is 0 Å². The lowest BCUT2D eigenvalue weighted by atomic mass is 10.2. The van der Waals surface area contributed by atoms with Crippen LogP contribution in [0.3, 0.4) is 0 Å². The summed E-state index contributed by atoms with van der Waals surface area (Å²) in [6.07, 6.45) is 1.72. The predicted molar refractivity (Wildman–Crippen MR) is 152 cm³/mol. The number of hydrogen-bond donors (Lipinski definition) is 2. The number of nitrogens with one attached hydrogen (secondary N) is 2. The largest absolute Gasteiger partial charge is 0.331 e. The van der Waals surface area contributed by atoms with E-state index in [0.29, 0.717) is 13.1 Å². The summed E-state index contributed by atoms with van der Waals surface area (Å²) in [5.41, 5.74) is 7.18. The van der Waals surface area contributed by atoms with Crippen LogP contribution in [-0.2, 0) is 40.0 Å². The number of rotatable bonds is 10. The van der Waals surface area contributed by atoms with Crippen molar-refractivity contribution < 1.29 is 0 Å². The highest BCUT2D eigenvalue weighted by Crippen LogP contribution is 2.16. The molecule has 0 aliphatic heterocycles. The molecular weight excluding hydrogens is 472 g/mol. The van der Waals surface area contributed by atoms with E-state index < -0.39 is 0 Å². The fourth-order valence-electron chi connectivity index (χ4n) is 4.95. The molecular formula is C30H32N8. The first-order valence-corrected chi connectivity index (χ1v) is 13.1. The highest BCUT2D eigenvalue weighted by molar-refractivity contribution is 5.76. The van der Waals surface area contributed by atoms with Gasteiger partial charge in [0.1, 0.15) is 11.6 Å². The third-order valence-corrected chi connectivity index (χ3v) is 7.09. The summed E-state index contributed by atoms with van der Waals surface area (Å²) in [6, 6.07) is 24.8. The molecule has 0 spiro atoms. The molecule has 0 radical (unpaired) electrons. The summed E-state index contributed by atoms with van der Waals surface area (Å²) in [7, 11) is 4.15. The molecule has 8 heteroatoms. The predicted octanol–water partition coefficient (Wildman–Crippen LogP) is 4.07. The number of benzene rings is 2. The van der Waals surface area contributed by atoms with Gasteiger partial charge in [0.15, 0.2) is 5.65 Å². The van der Waals surface area contributed by atoms with E-state index in [9.17, 15) is 0 Å². The minimum absolute atomic E-state index is 0.696. The maximum Gasteiger partial charge on any atom is 0.159 e. The Morgan fingerprint density at radius 1 is 0.579 bits per heavy atom. The number of pyridine rings is 2. The molecule has 0 amide bonds. The Balaban J connectivity index is 1.02. The van der Waals surface area contributed by atoms with Crippen molar-refractivity contribution in [2.75, 3.05) is 13.1 Å². The zero-order valence-corrected chi connectivity index (χ0v) is 21.9. The van der Waals surface area contributed by atoms with Crippen LogP contribution >= 0.6 is 0 Å². The van der Waals surface area contributed by atoms with E-state index in [1.807, 2.05) is 12.1 Å². The summed E-state index contributed by atoms with van der Waals surface area (Å²) >= 11 is 0. The first kappa shape index (κ1) is 24.2. The summed E-state index contributed by atoms with van der Waals surface area (Å²) in [5.74, 6) is 2.17. The summed E-state index contributed by atoms with van der Waals surface area (Å²) in [6.45, 7) is 3.06. The standard InChI is InChI=1S/C30H32N8/c1-37-26-9-5-3-7-24(26)35-28(37)15-17-31-19-22-13-11-21-12-14-23(34-30(21)33-22)20-32-18-16-29-36-25-8-4-6-10-27(25)38(29)2/h3-14,31-32H,15-20H2,1-2H3. The minimum Gasteiger partial charge on any atom is -0.331 e. The van der Waals surface area contributed by atoms with Crippen molar-refractivity contribution in [2.24, 2.45) is 14.1 Å². The molecule has 6 aromatic rings. The molecule has 192 valence electrons. The first-order valence-electron chi connectivity index (χ1n) is 13.1. The average Bonchev–Trinajstić information content (AvgIpc) is 3.45. The number of aryl methyl sites for hydroxylation is 2. The van der Waals surface area contributed by atoms with Crippen LogP contribution in [0.4, 0.5) is 0 Å². The van der Waals surface area contributed by atoms with Crippen LogP contribution in [0.5, 0.6) is 0 Å². The number of para-hydroxylation sites is 4. The van der Waals surface area contributed by atoms with Gasteiger partial charge in [0, 0.05) is 58.5 Å². The Morgan fingerprint density at radius 2 is 1.05 bits per heavy atom. The van der Waals surface area contributed by atoms with Crippen LogP contribution in [0.2, 0.25) is 0 Å². The molecule has 0 fully saturated rings. The van der Waals surface area contributed by atoms with Crippen molar-refractivity contribution in [1.82, 2.24) is 39.7 Å². The van der Waals surface area contributed by atoms with Gasteiger partial charge < -0.3 is 19.8 Å². The average molecular weight is 505 g/mol. The molecule has 4 heterocycles. The summed E-state index contributed by atoms with van der Waals surface area (Å²) in [4.78, 5) is 19.1. The van der Waals surface area contributed by atoms with Crippen LogP contribution in [0, 0.1) is 0 Å². The minimum atomic E-state index is 0.696. The van der Waals surface area contributed by atoms with Gasteiger partial charge in [-0.1, -0.05) is 24.3 Å². The zero-order chi connectivity index (χ0) is 25.9. The van der Waals surface area contributed by atoms with E-state index >= 15 is 0 Å². The van der Waals surface area contributed by atoms with E-state index in [1.54, 1.807) is 0 Å². The van der Waals surface area contributed by atoms with Gasteiger partial charge in [-0.2, -0.15) is 0 Å². The second-order valence-corrected chi connectivity index (χ2v) is 9.66. The highest BCUT2D eigenvalue weighted by Gasteiger charge is 2.08. The lowest BCUT2D eigenvalue weighted by molar-refractivity contribution is 0.647. The van der Waals surface area contributed by atoms with Crippen molar-refractivity contribution >= 4 is 33.1 Å². The zero-order valence-electron chi connectivity index (χ0n) is 21.9. The number of imidazole rings is 2. The van der Waals surface area contributed by atoms with Gasteiger partial charge in [-0.05, 0) is 48.5 Å². The van der Waals surface area contributed by atoms with Gasteiger partial charge in [-0.15, -0.1) is 0 Å². The molecule has 0 aliphatic carbocycles. The number of aromatic nitrogens is 6. The van der Waals surface area contributed by atoms with Gasteiger partial charge in [-0.25, -0.2) is 19.9 Å². The molecule has 2 aromatic carbocycles. The van der Waals surface area contributed by atoms with Crippen molar-refractivity contribution in [1.29, 1.82) is 0 Å². The lowest BCUT2D eigenvalue weighted by Gasteiger charge is -2.08. The molecule has 2 N–H and O–H groups in total. The van der Waals surface area contributed by atoms with Gasteiger partial charge in [-0.3, -0.25) is 0 Å². The van der Waals surface area contributed by atoms with Crippen molar-refractivity contribution in [2.45, 2.75) is 25.9 Å². The molecule has 38 heavy (non-hydrogen) atoms. The Kier molecular flexibility index (Phi) is 6.81. The van der Waals surface area contributed by atoms with E-state index in [4.69, 9.17) is 19.9 Å². The van der Waals surface area contributed by atoms with Crippen molar-refractivity contribution in [3.05, 3.63) is 95.8 Å². The second-order valence-electron chi connectivity index (χ2n) is 9.66. The van der Waals surface area contributed by atoms with Crippen LogP contribution in [0.25, 0.3) is 33.1 Å². The Labute approximate surface area is 221 Å². The highest BCUT2D eigenvalue weighted by atomic mass is 15.1. The maximum atomic E-state index is 4.81. The smallest absolute Gasteiger partial charge is 0.159 e. The molecule has 6 rings (SSSR count). The molecule has 0 saturated carbocycles.